The third-order valence-electron chi connectivity index (χ3n) is 6.34. The first kappa shape index (κ1) is 20.6. The van der Waals surface area contributed by atoms with E-state index in [0.717, 1.165) is 45.1 Å². The summed E-state index contributed by atoms with van der Waals surface area (Å²) < 4.78 is 0.789. The summed E-state index contributed by atoms with van der Waals surface area (Å²) in [6, 6.07) is 0.274. The van der Waals surface area contributed by atoms with Gasteiger partial charge < -0.3 is 15.1 Å². The van der Waals surface area contributed by atoms with Crippen LogP contribution in [-0.2, 0) is 22.6 Å². The fourth-order valence-corrected chi connectivity index (χ4v) is 5.81. The molecule has 148 valence electrons. The van der Waals surface area contributed by atoms with Gasteiger partial charge in [-0.1, -0.05) is 20.3 Å². The molecule has 0 spiro atoms. The van der Waals surface area contributed by atoms with Crippen molar-refractivity contribution in [2.75, 3.05) is 0 Å². The minimum Gasteiger partial charge on any atom is -0.479 e. The fourth-order valence-electron chi connectivity index (χ4n) is 4.78. The third-order valence-corrected chi connectivity index (χ3v) is 7.73. The van der Waals surface area contributed by atoms with E-state index in [-0.39, 0.29) is 23.8 Å². The molecule has 27 heavy (non-hydrogen) atoms. The summed E-state index contributed by atoms with van der Waals surface area (Å²) in [5.74, 6) is -1.15. The van der Waals surface area contributed by atoms with Gasteiger partial charge >= 0.3 is 5.97 Å². The van der Waals surface area contributed by atoms with Crippen LogP contribution in [0.5, 0.6) is 0 Å². The molecule has 2 atom stereocenters. The number of benzene rings is 1. The van der Waals surface area contributed by atoms with E-state index in [9.17, 15) is 19.8 Å². The fraction of sp³-hybridized carbons (Fsp3) is 0.619. The van der Waals surface area contributed by atoms with Gasteiger partial charge in [0.1, 0.15) is 0 Å². The first-order chi connectivity index (χ1) is 12.5. The van der Waals surface area contributed by atoms with Gasteiger partial charge in [0.05, 0.1) is 6.42 Å². The Labute approximate surface area is 174 Å². The van der Waals surface area contributed by atoms with Gasteiger partial charge in [-0.3, -0.25) is 4.79 Å². The van der Waals surface area contributed by atoms with Crippen LogP contribution >= 0.6 is 22.6 Å². The van der Waals surface area contributed by atoms with Crippen LogP contribution in [0.3, 0.4) is 0 Å². The number of fused-ring (bicyclic) bond motifs is 1. The summed E-state index contributed by atoms with van der Waals surface area (Å²) >= 11 is 2.13. The summed E-state index contributed by atoms with van der Waals surface area (Å²) in [4.78, 5) is 26.4. The highest BCUT2D eigenvalue weighted by atomic mass is 127. The number of aliphatic hydroxyl groups excluding tert-OH is 1. The van der Waals surface area contributed by atoms with Crippen molar-refractivity contribution >= 4 is 34.5 Å². The molecule has 1 aromatic carbocycles. The van der Waals surface area contributed by atoms with E-state index in [2.05, 4.69) is 36.4 Å². The van der Waals surface area contributed by atoms with E-state index in [1.807, 2.05) is 18.7 Å². The molecule has 1 aliphatic heterocycles. The number of rotatable bonds is 3. The number of carboxylic acids is 1. The molecule has 1 heterocycles. The second-order valence-corrected chi connectivity index (χ2v) is 9.87. The number of amides is 1. The molecule has 0 aromatic heterocycles. The average Bonchev–Trinajstić information content (AvgIpc) is 2.58. The Morgan fingerprint density at radius 1 is 1.26 bits per heavy atom. The zero-order valence-electron chi connectivity index (χ0n) is 16.4. The van der Waals surface area contributed by atoms with Gasteiger partial charge in [0.25, 0.3) is 0 Å². The van der Waals surface area contributed by atoms with Gasteiger partial charge in [0.2, 0.25) is 5.91 Å². The maximum atomic E-state index is 13.0. The number of aliphatic hydroxyl groups is 1. The number of halogens is 1. The van der Waals surface area contributed by atoms with Crippen molar-refractivity contribution in [2.45, 2.75) is 78.5 Å². The summed E-state index contributed by atoms with van der Waals surface area (Å²) in [7, 11) is 0. The molecule has 2 aliphatic rings. The molecule has 0 radical (unpaired) electrons. The van der Waals surface area contributed by atoms with Crippen LogP contribution in [0.25, 0.3) is 0 Å². The van der Waals surface area contributed by atoms with Crippen molar-refractivity contribution < 1.29 is 19.8 Å². The van der Waals surface area contributed by atoms with E-state index >= 15 is 0 Å². The highest BCUT2D eigenvalue weighted by Crippen LogP contribution is 2.41. The predicted molar refractivity (Wildman–Crippen MR) is 112 cm³/mol. The van der Waals surface area contributed by atoms with Gasteiger partial charge in [-0.15, -0.1) is 0 Å². The minimum atomic E-state index is -1.56. The van der Waals surface area contributed by atoms with Crippen LogP contribution < -0.4 is 0 Å². The first-order valence-electron chi connectivity index (χ1n) is 9.54. The second kappa shape index (κ2) is 7.35. The third kappa shape index (κ3) is 3.75. The highest BCUT2D eigenvalue weighted by Gasteiger charge is 2.37. The molecule has 0 bridgehead atoms. The lowest BCUT2D eigenvalue weighted by Gasteiger charge is -2.43. The Morgan fingerprint density at radius 3 is 2.52 bits per heavy atom. The molecule has 1 unspecified atom stereocenters. The Hall–Kier alpha value is -1.15. The molecule has 2 N–H and O–H groups in total. The predicted octanol–water partition coefficient (Wildman–Crippen LogP) is 3.88. The quantitative estimate of drug-likeness (QED) is 0.638. The SMILES string of the molecule is Cc1c(I)c([C@H](O)C(=O)O)c(C)c2c1CN(C1CCCC(C)(C)C1)C(=O)C2. The summed E-state index contributed by atoms with van der Waals surface area (Å²) in [6.45, 7) is 8.94. The van der Waals surface area contributed by atoms with Crippen molar-refractivity contribution in [3.8, 4) is 0 Å². The summed E-state index contributed by atoms with van der Waals surface area (Å²) in [5.41, 5.74) is 4.45. The molecule has 0 saturated heterocycles. The average molecular weight is 485 g/mol. The normalized spacial score (nSPS) is 23.1. The molecule has 1 amide bonds. The van der Waals surface area contributed by atoms with Gasteiger partial charge in [0, 0.05) is 21.7 Å². The Bertz CT molecular complexity index is 802. The Morgan fingerprint density at radius 2 is 1.93 bits per heavy atom. The summed E-state index contributed by atoms with van der Waals surface area (Å²) in [5, 5.41) is 19.4. The number of hydrogen-bond acceptors (Lipinski definition) is 3. The van der Waals surface area contributed by atoms with Crippen LogP contribution in [0.15, 0.2) is 0 Å². The molecule has 1 aromatic rings. The minimum absolute atomic E-state index is 0.115. The molecule has 5 nitrogen and oxygen atoms in total. The maximum Gasteiger partial charge on any atom is 0.337 e. The van der Waals surface area contributed by atoms with Gasteiger partial charge in [-0.25, -0.2) is 4.79 Å². The van der Waals surface area contributed by atoms with E-state index in [1.165, 1.54) is 6.42 Å². The van der Waals surface area contributed by atoms with E-state index in [4.69, 9.17) is 0 Å². The lowest BCUT2D eigenvalue weighted by Crippen LogP contribution is -2.47. The topological polar surface area (TPSA) is 77.8 Å². The van der Waals surface area contributed by atoms with Crippen LogP contribution in [-0.4, -0.2) is 33.0 Å². The highest BCUT2D eigenvalue weighted by molar-refractivity contribution is 14.1. The van der Waals surface area contributed by atoms with Crippen molar-refractivity contribution in [3.63, 3.8) is 0 Å². The molecule has 1 aliphatic carbocycles. The van der Waals surface area contributed by atoms with E-state index in [1.54, 1.807) is 0 Å². The lowest BCUT2D eigenvalue weighted by molar-refractivity contribution is -0.147. The van der Waals surface area contributed by atoms with Crippen molar-refractivity contribution in [1.29, 1.82) is 0 Å². The van der Waals surface area contributed by atoms with Crippen LogP contribution in [0.1, 0.15) is 73.5 Å². The van der Waals surface area contributed by atoms with E-state index in [0.29, 0.717) is 12.1 Å². The van der Waals surface area contributed by atoms with Crippen LogP contribution in [0.2, 0.25) is 0 Å². The number of aliphatic carboxylic acids is 1. The zero-order chi connectivity index (χ0) is 20.1. The molecule has 6 heteroatoms. The molecular formula is C21H28INO4. The molecule has 3 rings (SSSR count). The number of carbonyl (C=O) groups is 2. The number of nitrogens with zero attached hydrogens (tertiary/aromatic N) is 1. The van der Waals surface area contributed by atoms with Crippen molar-refractivity contribution in [3.05, 3.63) is 31.4 Å². The standard InChI is InChI=1S/C21H28INO4/c1-11-14-8-16(24)23(13-6-5-7-21(3,4)9-13)10-15(14)12(2)18(22)17(11)19(25)20(26)27/h13,19,25H,5-10H2,1-4H3,(H,26,27)/t13?,19-/m0/s1. The summed E-state index contributed by atoms with van der Waals surface area (Å²) in [6.07, 6.45) is 3.15. The number of carboxylic acid groups (broad SMARTS) is 1. The Balaban J connectivity index is 2.01. The maximum absolute atomic E-state index is 13.0. The monoisotopic (exact) mass is 485 g/mol. The van der Waals surface area contributed by atoms with Crippen molar-refractivity contribution in [1.82, 2.24) is 4.90 Å². The van der Waals surface area contributed by atoms with E-state index < -0.39 is 12.1 Å². The number of carbonyl (C=O) groups excluding carboxylic acids is 1. The molecule has 1 saturated carbocycles. The zero-order valence-corrected chi connectivity index (χ0v) is 18.6. The molecular weight excluding hydrogens is 457 g/mol. The number of hydrogen-bond donors (Lipinski definition) is 2. The van der Waals surface area contributed by atoms with Crippen molar-refractivity contribution in [2.24, 2.45) is 5.41 Å². The smallest absolute Gasteiger partial charge is 0.337 e. The molecule has 1 fully saturated rings. The lowest BCUT2D eigenvalue weighted by atomic mass is 9.74. The first-order valence-corrected chi connectivity index (χ1v) is 10.6. The van der Waals surface area contributed by atoms with Gasteiger partial charge in [-0.05, 0) is 83.4 Å². The Kier molecular flexibility index (Phi) is 5.60. The van der Waals surface area contributed by atoms with Gasteiger partial charge in [-0.2, -0.15) is 0 Å². The van der Waals surface area contributed by atoms with Gasteiger partial charge in [0.15, 0.2) is 6.10 Å². The largest absolute Gasteiger partial charge is 0.479 e. The van der Waals surface area contributed by atoms with Crippen LogP contribution in [0, 0.1) is 22.8 Å². The second-order valence-electron chi connectivity index (χ2n) is 8.79. The van der Waals surface area contributed by atoms with Crippen LogP contribution in [0.4, 0.5) is 0 Å².